The van der Waals surface area contributed by atoms with Crippen molar-refractivity contribution in [2.24, 2.45) is 13.0 Å². The topological polar surface area (TPSA) is 63.1 Å². The van der Waals surface area contributed by atoms with Crippen LogP contribution in [0.5, 0.6) is 0 Å². The van der Waals surface area contributed by atoms with E-state index >= 15 is 0 Å². The number of aromatic nitrogens is 3. The number of aryl methyl sites for hydroxylation is 2. The molecule has 2 amide bonds. The summed E-state index contributed by atoms with van der Waals surface area (Å²) in [5.74, 6) is 0.516. The Morgan fingerprint density at radius 2 is 2.38 bits per heavy atom. The Balaban J connectivity index is 1.54. The zero-order valence-electron chi connectivity index (χ0n) is 14.5. The van der Waals surface area contributed by atoms with Crippen molar-refractivity contribution in [1.29, 1.82) is 0 Å². The van der Waals surface area contributed by atoms with Crippen molar-refractivity contribution in [3.8, 4) is 0 Å². The maximum absolute atomic E-state index is 12.6. The van der Waals surface area contributed by atoms with Crippen LogP contribution in [0.15, 0.2) is 17.8 Å². The molecule has 0 aromatic carbocycles. The van der Waals surface area contributed by atoms with Gasteiger partial charge in [-0.25, -0.2) is 9.78 Å². The maximum Gasteiger partial charge on any atom is 0.317 e. The van der Waals surface area contributed by atoms with Crippen LogP contribution in [-0.4, -0.2) is 38.8 Å². The molecule has 130 valence electrons. The van der Waals surface area contributed by atoms with Gasteiger partial charge in [0.25, 0.3) is 0 Å². The van der Waals surface area contributed by atoms with Crippen molar-refractivity contribution in [2.45, 2.75) is 39.2 Å². The highest BCUT2D eigenvalue weighted by Crippen LogP contribution is 2.24. The summed E-state index contributed by atoms with van der Waals surface area (Å²) in [5.41, 5.74) is 2.26. The van der Waals surface area contributed by atoms with Crippen LogP contribution in [0, 0.1) is 12.8 Å². The first-order valence-electron chi connectivity index (χ1n) is 8.50. The zero-order valence-corrected chi connectivity index (χ0v) is 15.3. The van der Waals surface area contributed by atoms with Crippen molar-refractivity contribution in [3.05, 3.63) is 34.0 Å². The minimum absolute atomic E-state index is 0.00794. The second-order valence-electron chi connectivity index (χ2n) is 6.56. The molecule has 0 bridgehead atoms. The number of hydrogen-bond acceptors (Lipinski definition) is 4. The average molecular weight is 347 g/mol. The predicted molar refractivity (Wildman–Crippen MR) is 95.0 cm³/mol. The lowest BCUT2D eigenvalue weighted by Gasteiger charge is -2.21. The van der Waals surface area contributed by atoms with Gasteiger partial charge in [-0.3, -0.25) is 4.68 Å². The van der Waals surface area contributed by atoms with Crippen LogP contribution >= 0.6 is 11.3 Å². The van der Waals surface area contributed by atoms with E-state index in [4.69, 9.17) is 0 Å². The fourth-order valence-corrected chi connectivity index (χ4v) is 4.14. The van der Waals surface area contributed by atoms with Crippen LogP contribution in [0.25, 0.3) is 0 Å². The molecule has 3 heterocycles. The third kappa shape index (κ3) is 3.95. The number of rotatable bonds is 5. The molecule has 2 aromatic heterocycles. The molecule has 2 aromatic rings. The molecule has 3 rings (SSSR count). The van der Waals surface area contributed by atoms with E-state index in [9.17, 15) is 4.79 Å². The normalized spacial score (nSPS) is 18.8. The summed E-state index contributed by atoms with van der Waals surface area (Å²) >= 11 is 1.62. The Hall–Kier alpha value is -1.89. The fourth-order valence-electron chi connectivity index (χ4n) is 3.21. The molecular formula is C17H25N5OS. The SMILES string of the molecule is CC[C@H](NC(=O)N1CC[C@H](Cc2cnn(C)c2)C1)c1nc(C)cs1. The Morgan fingerprint density at radius 1 is 1.54 bits per heavy atom. The Morgan fingerprint density at radius 3 is 3.00 bits per heavy atom. The van der Waals surface area contributed by atoms with Crippen molar-refractivity contribution in [1.82, 2.24) is 25.0 Å². The summed E-state index contributed by atoms with van der Waals surface area (Å²) in [5, 5.41) is 10.4. The van der Waals surface area contributed by atoms with Crippen LogP contribution < -0.4 is 5.32 Å². The molecule has 0 spiro atoms. The first kappa shape index (κ1) is 17.0. The number of nitrogens with zero attached hydrogens (tertiary/aromatic N) is 4. The van der Waals surface area contributed by atoms with E-state index < -0.39 is 0 Å². The minimum atomic E-state index is 0.00794. The average Bonchev–Trinajstić information content (AvgIpc) is 3.27. The van der Waals surface area contributed by atoms with E-state index in [1.807, 2.05) is 35.1 Å². The number of hydrogen-bond donors (Lipinski definition) is 1. The van der Waals surface area contributed by atoms with Crippen LogP contribution in [0.1, 0.15) is 42.1 Å². The molecule has 24 heavy (non-hydrogen) atoms. The molecular weight excluding hydrogens is 322 g/mol. The van der Waals surface area contributed by atoms with Gasteiger partial charge in [-0.15, -0.1) is 11.3 Å². The van der Waals surface area contributed by atoms with Crippen LogP contribution in [0.2, 0.25) is 0 Å². The van der Waals surface area contributed by atoms with Crippen molar-refractivity contribution < 1.29 is 4.79 Å². The smallest absolute Gasteiger partial charge is 0.317 e. The number of carbonyl (C=O) groups is 1. The molecule has 1 saturated heterocycles. The van der Waals surface area contributed by atoms with Gasteiger partial charge in [0.1, 0.15) is 5.01 Å². The molecule has 1 fully saturated rings. The summed E-state index contributed by atoms with van der Waals surface area (Å²) < 4.78 is 1.83. The standard InChI is InChI=1S/C17H25N5OS/c1-4-15(16-19-12(2)11-24-16)20-17(23)22-6-5-13(10-22)7-14-8-18-21(3)9-14/h8-9,11,13,15H,4-7,10H2,1-3H3,(H,20,23)/t13-,15+/m1/s1. The second kappa shape index (κ2) is 7.34. The summed E-state index contributed by atoms with van der Waals surface area (Å²) in [4.78, 5) is 19.0. The summed E-state index contributed by atoms with van der Waals surface area (Å²) in [6.45, 7) is 5.70. The number of nitrogens with one attached hydrogen (secondary N) is 1. The number of amides is 2. The monoisotopic (exact) mass is 347 g/mol. The summed E-state index contributed by atoms with van der Waals surface area (Å²) in [6.07, 6.45) is 6.86. The van der Waals surface area contributed by atoms with Gasteiger partial charge in [0.15, 0.2) is 0 Å². The molecule has 1 N–H and O–H groups in total. The maximum atomic E-state index is 12.6. The summed E-state index contributed by atoms with van der Waals surface area (Å²) in [7, 11) is 1.93. The number of thiazole rings is 1. The third-order valence-corrected chi connectivity index (χ3v) is 5.57. The van der Waals surface area contributed by atoms with Gasteiger partial charge >= 0.3 is 6.03 Å². The molecule has 0 saturated carbocycles. The molecule has 1 aliphatic heterocycles. The first-order chi connectivity index (χ1) is 11.5. The third-order valence-electron chi connectivity index (χ3n) is 4.50. The largest absolute Gasteiger partial charge is 0.329 e. The van der Waals surface area contributed by atoms with E-state index in [-0.39, 0.29) is 12.1 Å². The first-order valence-corrected chi connectivity index (χ1v) is 9.38. The lowest BCUT2D eigenvalue weighted by Crippen LogP contribution is -2.40. The van der Waals surface area contributed by atoms with Crippen molar-refractivity contribution >= 4 is 17.4 Å². The predicted octanol–water partition coefficient (Wildman–Crippen LogP) is 2.91. The second-order valence-corrected chi connectivity index (χ2v) is 7.45. The van der Waals surface area contributed by atoms with E-state index in [1.165, 1.54) is 5.56 Å². The highest BCUT2D eigenvalue weighted by molar-refractivity contribution is 7.09. The number of likely N-dealkylation sites (tertiary alicyclic amines) is 1. The quantitative estimate of drug-likeness (QED) is 0.904. The number of urea groups is 1. The van der Waals surface area contributed by atoms with E-state index in [0.29, 0.717) is 5.92 Å². The van der Waals surface area contributed by atoms with Gasteiger partial charge in [-0.05, 0) is 37.7 Å². The lowest BCUT2D eigenvalue weighted by molar-refractivity contribution is 0.202. The van der Waals surface area contributed by atoms with Crippen molar-refractivity contribution in [2.75, 3.05) is 13.1 Å². The van der Waals surface area contributed by atoms with Crippen LogP contribution in [0.3, 0.4) is 0 Å². The molecule has 0 unspecified atom stereocenters. The van der Waals surface area contributed by atoms with Gasteiger partial charge < -0.3 is 10.2 Å². The molecule has 1 aliphatic rings. The highest BCUT2D eigenvalue weighted by Gasteiger charge is 2.28. The molecule has 0 radical (unpaired) electrons. The van der Waals surface area contributed by atoms with Gasteiger partial charge in [-0.1, -0.05) is 6.92 Å². The molecule has 2 atom stereocenters. The molecule has 7 heteroatoms. The van der Waals surface area contributed by atoms with Crippen LogP contribution in [0.4, 0.5) is 4.79 Å². The van der Waals surface area contributed by atoms with Gasteiger partial charge in [0.2, 0.25) is 0 Å². The van der Waals surface area contributed by atoms with Gasteiger partial charge in [0, 0.05) is 37.4 Å². The Labute approximate surface area is 146 Å². The Bertz CT molecular complexity index is 695. The van der Waals surface area contributed by atoms with E-state index in [1.54, 1.807) is 11.3 Å². The van der Waals surface area contributed by atoms with Gasteiger partial charge in [-0.2, -0.15) is 5.10 Å². The molecule has 6 nitrogen and oxygen atoms in total. The molecule has 0 aliphatic carbocycles. The lowest BCUT2D eigenvalue weighted by atomic mass is 10.0. The Kier molecular flexibility index (Phi) is 5.18. The highest BCUT2D eigenvalue weighted by atomic mass is 32.1. The van der Waals surface area contributed by atoms with Gasteiger partial charge in [0.05, 0.1) is 12.2 Å². The zero-order chi connectivity index (χ0) is 17.1. The van der Waals surface area contributed by atoms with Crippen molar-refractivity contribution in [3.63, 3.8) is 0 Å². The minimum Gasteiger partial charge on any atom is -0.329 e. The fraction of sp³-hybridized carbons (Fsp3) is 0.588. The van der Waals surface area contributed by atoms with E-state index in [0.717, 1.165) is 43.1 Å². The summed E-state index contributed by atoms with van der Waals surface area (Å²) in [6, 6.07) is 0.0389. The number of carbonyl (C=O) groups excluding carboxylic acids is 1. The van der Waals surface area contributed by atoms with E-state index in [2.05, 4.69) is 28.5 Å². The van der Waals surface area contributed by atoms with Crippen LogP contribution in [-0.2, 0) is 13.5 Å².